The lowest BCUT2D eigenvalue weighted by Gasteiger charge is -2.17. The summed E-state index contributed by atoms with van der Waals surface area (Å²) in [7, 11) is -2.28. The van der Waals surface area contributed by atoms with E-state index in [4.69, 9.17) is 4.42 Å². The van der Waals surface area contributed by atoms with Crippen molar-refractivity contribution < 1.29 is 17.2 Å². The van der Waals surface area contributed by atoms with Gasteiger partial charge in [0.2, 0.25) is 26.6 Å². The molecule has 31 heavy (non-hydrogen) atoms. The molecule has 3 aromatic carbocycles. The van der Waals surface area contributed by atoms with Gasteiger partial charge in [0.1, 0.15) is 5.82 Å². The van der Waals surface area contributed by atoms with E-state index in [1.165, 1.54) is 24.3 Å². The molecule has 0 saturated heterocycles. The summed E-state index contributed by atoms with van der Waals surface area (Å²) in [5.41, 5.74) is 2.00. The molecule has 1 heterocycles. The van der Waals surface area contributed by atoms with Crippen LogP contribution in [0.2, 0.25) is 0 Å². The van der Waals surface area contributed by atoms with Gasteiger partial charge < -0.3 is 9.32 Å². The first-order valence-corrected chi connectivity index (χ1v) is 11.2. The van der Waals surface area contributed by atoms with E-state index in [0.717, 1.165) is 11.1 Å². The average molecular weight is 437 g/mol. The van der Waals surface area contributed by atoms with Crippen LogP contribution in [-0.4, -0.2) is 20.4 Å². The Labute approximate surface area is 180 Å². The molecule has 0 atom stereocenters. The van der Waals surface area contributed by atoms with E-state index in [1.54, 1.807) is 36.2 Å². The van der Waals surface area contributed by atoms with Crippen molar-refractivity contribution in [3.8, 4) is 11.5 Å². The molecule has 5 nitrogen and oxygen atoms in total. The van der Waals surface area contributed by atoms with Crippen molar-refractivity contribution in [2.75, 3.05) is 11.9 Å². The standard InChI is InChI=1S/C24H21FN2O3S/c1-17-12-14-19(15-13-17)31(28,29)23-24(27(2)16-18-8-4-3-5-9-18)30-22(26-23)20-10-6-7-11-21(20)25/h3-15H,16H2,1-2H3. The molecule has 0 unspecified atom stereocenters. The topological polar surface area (TPSA) is 63.4 Å². The Hall–Kier alpha value is -3.45. The Balaban J connectivity index is 1.84. The van der Waals surface area contributed by atoms with Crippen LogP contribution in [0.5, 0.6) is 0 Å². The minimum absolute atomic E-state index is 0.0580. The van der Waals surface area contributed by atoms with E-state index in [1.807, 2.05) is 37.3 Å². The number of aryl methyl sites for hydroxylation is 1. The van der Waals surface area contributed by atoms with Crippen molar-refractivity contribution in [2.24, 2.45) is 0 Å². The smallest absolute Gasteiger partial charge is 0.236 e. The predicted octanol–water partition coefficient (Wildman–Crippen LogP) is 5.26. The molecule has 0 aliphatic carbocycles. The van der Waals surface area contributed by atoms with Gasteiger partial charge in [0.05, 0.1) is 10.5 Å². The quantitative estimate of drug-likeness (QED) is 0.413. The molecule has 0 aliphatic heterocycles. The van der Waals surface area contributed by atoms with Crippen molar-refractivity contribution in [3.63, 3.8) is 0 Å². The van der Waals surface area contributed by atoms with E-state index in [0.29, 0.717) is 6.54 Å². The van der Waals surface area contributed by atoms with E-state index >= 15 is 0 Å². The fourth-order valence-corrected chi connectivity index (χ4v) is 4.57. The number of hydrogen-bond acceptors (Lipinski definition) is 5. The maximum atomic E-state index is 14.4. The number of aromatic nitrogens is 1. The van der Waals surface area contributed by atoms with Crippen LogP contribution in [0.15, 0.2) is 93.2 Å². The van der Waals surface area contributed by atoms with Crippen LogP contribution < -0.4 is 4.90 Å². The van der Waals surface area contributed by atoms with Gasteiger partial charge in [-0.25, -0.2) is 12.8 Å². The highest BCUT2D eigenvalue weighted by Crippen LogP contribution is 2.35. The number of halogens is 1. The number of benzene rings is 3. The molecule has 0 amide bonds. The number of nitrogens with zero attached hydrogens (tertiary/aromatic N) is 2. The van der Waals surface area contributed by atoms with Gasteiger partial charge in [-0.15, -0.1) is 0 Å². The molecule has 7 heteroatoms. The third kappa shape index (κ3) is 4.22. The number of hydrogen-bond donors (Lipinski definition) is 0. The van der Waals surface area contributed by atoms with E-state index < -0.39 is 15.7 Å². The highest BCUT2D eigenvalue weighted by molar-refractivity contribution is 7.91. The fraction of sp³-hybridized carbons (Fsp3) is 0.125. The molecule has 4 rings (SSSR count). The SMILES string of the molecule is Cc1ccc(S(=O)(=O)c2nc(-c3ccccc3F)oc2N(C)Cc2ccccc2)cc1. The van der Waals surface area contributed by atoms with Gasteiger partial charge in [-0.2, -0.15) is 4.98 Å². The summed E-state index contributed by atoms with van der Waals surface area (Å²) in [4.78, 5) is 6.00. The van der Waals surface area contributed by atoms with E-state index in [2.05, 4.69) is 4.98 Å². The largest absolute Gasteiger partial charge is 0.419 e. The summed E-state index contributed by atoms with van der Waals surface area (Å²) in [6.45, 7) is 2.27. The molecule has 0 saturated carbocycles. The maximum Gasteiger partial charge on any atom is 0.236 e. The molecular formula is C24H21FN2O3S. The molecule has 4 aromatic rings. The minimum atomic E-state index is -3.99. The third-order valence-corrected chi connectivity index (χ3v) is 6.55. The van der Waals surface area contributed by atoms with Gasteiger partial charge in [0, 0.05) is 13.6 Å². The van der Waals surface area contributed by atoms with Crippen LogP contribution in [0.3, 0.4) is 0 Å². The van der Waals surface area contributed by atoms with Gasteiger partial charge in [0.25, 0.3) is 0 Å². The first-order valence-electron chi connectivity index (χ1n) is 9.69. The second-order valence-corrected chi connectivity index (χ2v) is 9.13. The second-order valence-electron chi connectivity index (χ2n) is 7.27. The average Bonchev–Trinajstić information content (AvgIpc) is 3.21. The molecule has 0 bridgehead atoms. The van der Waals surface area contributed by atoms with Crippen molar-refractivity contribution in [3.05, 3.63) is 95.8 Å². The Bertz CT molecular complexity index is 1300. The van der Waals surface area contributed by atoms with Crippen molar-refractivity contribution in [1.29, 1.82) is 0 Å². The number of anilines is 1. The van der Waals surface area contributed by atoms with Crippen LogP contribution in [0.4, 0.5) is 10.3 Å². The van der Waals surface area contributed by atoms with Crippen LogP contribution >= 0.6 is 0 Å². The Morgan fingerprint density at radius 2 is 1.58 bits per heavy atom. The maximum absolute atomic E-state index is 14.4. The van der Waals surface area contributed by atoms with Gasteiger partial charge in [-0.05, 0) is 36.8 Å². The van der Waals surface area contributed by atoms with Crippen LogP contribution in [0.25, 0.3) is 11.5 Å². The summed E-state index contributed by atoms with van der Waals surface area (Å²) in [5.74, 6) is -0.568. The Morgan fingerprint density at radius 1 is 0.935 bits per heavy atom. The van der Waals surface area contributed by atoms with Gasteiger partial charge in [-0.1, -0.05) is 60.2 Å². The lowest BCUT2D eigenvalue weighted by atomic mass is 10.2. The van der Waals surface area contributed by atoms with Crippen LogP contribution in [-0.2, 0) is 16.4 Å². The minimum Gasteiger partial charge on any atom is -0.419 e. The number of sulfone groups is 1. The first-order chi connectivity index (χ1) is 14.9. The van der Waals surface area contributed by atoms with E-state index in [9.17, 15) is 12.8 Å². The molecule has 1 aromatic heterocycles. The highest BCUT2D eigenvalue weighted by Gasteiger charge is 2.31. The molecule has 158 valence electrons. The Morgan fingerprint density at radius 3 is 2.26 bits per heavy atom. The zero-order valence-electron chi connectivity index (χ0n) is 17.1. The molecule has 0 N–H and O–H groups in total. The second kappa shape index (κ2) is 8.35. The summed E-state index contributed by atoms with van der Waals surface area (Å²) in [6, 6.07) is 22.0. The zero-order chi connectivity index (χ0) is 22.0. The number of oxazole rings is 1. The van der Waals surface area contributed by atoms with Crippen LogP contribution in [0, 0.1) is 12.7 Å². The fourth-order valence-electron chi connectivity index (χ4n) is 3.22. The lowest BCUT2D eigenvalue weighted by Crippen LogP contribution is -2.18. The molecule has 0 aliphatic rings. The summed E-state index contributed by atoms with van der Waals surface area (Å²) >= 11 is 0. The highest BCUT2D eigenvalue weighted by atomic mass is 32.2. The van der Waals surface area contributed by atoms with E-state index in [-0.39, 0.29) is 27.3 Å². The van der Waals surface area contributed by atoms with Crippen molar-refractivity contribution >= 4 is 15.7 Å². The molecule has 0 radical (unpaired) electrons. The molecule has 0 fully saturated rings. The monoisotopic (exact) mass is 436 g/mol. The predicted molar refractivity (Wildman–Crippen MR) is 117 cm³/mol. The zero-order valence-corrected chi connectivity index (χ0v) is 17.9. The summed E-state index contributed by atoms with van der Waals surface area (Å²) in [5, 5.41) is -0.243. The third-order valence-electron chi connectivity index (χ3n) is 4.88. The Kier molecular flexibility index (Phi) is 5.61. The summed E-state index contributed by atoms with van der Waals surface area (Å²) < 4.78 is 47.0. The lowest BCUT2D eigenvalue weighted by molar-refractivity contribution is 0.546. The van der Waals surface area contributed by atoms with Crippen LogP contribution in [0.1, 0.15) is 11.1 Å². The van der Waals surface area contributed by atoms with Crippen molar-refractivity contribution in [2.45, 2.75) is 23.4 Å². The normalized spacial score (nSPS) is 11.5. The van der Waals surface area contributed by atoms with Gasteiger partial charge in [-0.3, -0.25) is 0 Å². The molecule has 0 spiro atoms. The first kappa shape index (κ1) is 20.8. The van der Waals surface area contributed by atoms with Gasteiger partial charge in [0.15, 0.2) is 0 Å². The summed E-state index contributed by atoms with van der Waals surface area (Å²) in [6.07, 6.45) is 0. The van der Waals surface area contributed by atoms with Crippen molar-refractivity contribution in [1.82, 2.24) is 4.98 Å². The van der Waals surface area contributed by atoms with Gasteiger partial charge >= 0.3 is 0 Å². The molecular weight excluding hydrogens is 415 g/mol. The number of rotatable bonds is 6.